The molecular formula is C13H16N2O. The molecule has 2 rings (SSSR count). The largest absolute Gasteiger partial charge is 0.428 e. The first kappa shape index (κ1) is 10.7. The van der Waals surface area contributed by atoms with E-state index in [0.717, 1.165) is 5.76 Å². The lowest BCUT2D eigenvalue weighted by atomic mass is 9.87. The number of hydrogen-bond acceptors (Lipinski definition) is 3. The van der Waals surface area contributed by atoms with Gasteiger partial charge in [0, 0.05) is 5.92 Å². The van der Waals surface area contributed by atoms with Crippen LogP contribution in [0.5, 0.6) is 0 Å². The quantitative estimate of drug-likeness (QED) is 0.857. The van der Waals surface area contributed by atoms with E-state index in [9.17, 15) is 0 Å². The molecule has 0 saturated carbocycles. The average Bonchev–Trinajstić information content (AvgIpc) is 2.66. The third kappa shape index (κ3) is 2.08. The molecule has 0 radical (unpaired) electrons. The first-order valence-corrected chi connectivity index (χ1v) is 5.44. The maximum atomic E-state index is 5.52. The second-order valence-corrected chi connectivity index (χ2v) is 4.23. The molecule has 0 spiro atoms. The van der Waals surface area contributed by atoms with Gasteiger partial charge in [-0.3, -0.25) is 0 Å². The maximum Gasteiger partial charge on any atom is 0.292 e. The predicted molar refractivity (Wildman–Crippen MR) is 64.0 cm³/mol. The number of anilines is 1. The summed E-state index contributed by atoms with van der Waals surface area (Å²) in [6.45, 7) is 4.33. The number of nitrogen functional groups attached to an aromatic ring is 1. The lowest BCUT2D eigenvalue weighted by Gasteiger charge is -2.18. The van der Waals surface area contributed by atoms with E-state index in [1.54, 1.807) is 6.20 Å². The molecule has 2 N–H and O–H groups in total. The molecule has 84 valence electrons. The molecular weight excluding hydrogens is 200 g/mol. The van der Waals surface area contributed by atoms with Gasteiger partial charge < -0.3 is 10.2 Å². The summed E-state index contributed by atoms with van der Waals surface area (Å²) in [4.78, 5) is 3.96. The summed E-state index contributed by atoms with van der Waals surface area (Å²) in [6, 6.07) is 10.5. The molecule has 2 aromatic rings. The van der Waals surface area contributed by atoms with Crippen molar-refractivity contribution in [2.24, 2.45) is 5.92 Å². The minimum atomic E-state index is 0.214. The fraction of sp³-hybridized carbons (Fsp3) is 0.308. The zero-order valence-electron chi connectivity index (χ0n) is 9.55. The van der Waals surface area contributed by atoms with Crippen LogP contribution in [0.4, 0.5) is 6.01 Å². The molecule has 3 heteroatoms. The van der Waals surface area contributed by atoms with Crippen molar-refractivity contribution in [1.82, 2.24) is 4.98 Å². The molecule has 1 aromatic carbocycles. The minimum Gasteiger partial charge on any atom is -0.428 e. The van der Waals surface area contributed by atoms with Gasteiger partial charge in [0.25, 0.3) is 6.01 Å². The van der Waals surface area contributed by atoms with Gasteiger partial charge in [-0.2, -0.15) is 0 Å². The highest BCUT2D eigenvalue weighted by Crippen LogP contribution is 2.32. The Morgan fingerprint density at radius 3 is 2.38 bits per heavy atom. The van der Waals surface area contributed by atoms with Gasteiger partial charge in [-0.05, 0) is 11.5 Å². The Kier molecular flexibility index (Phi) is 2.95. The zero-order chi connectivity index (χ0) is 11.5. The van der Waals surface area contributed by atoms with Crippen molar-refractivity contribution >= 4 is 6.01 Å². The molecule has 0 fully saturated rings. The monoisotopic (exact) mass is 216 g/mol. The van der Waals surface area contributed by atoms with Crippen molar-refractivity contribution in [2.75, 3.05) is 5.73 Å². The van der Waals surface area contributed by atoms with E-state index in [1.165, 1.54) is 5.56 Å². The Bertz CT molecular complexity index is 448. The Labute approximate surface area is 95.3 Å². The maximum absolute atomic E-state index is 5.52. The highest BCUT2D eigenvalue weighted by atomic mass is 16.4. The second-order valence-electron chi connectivity index (χ2n) is 4.23. The van der Waals surface area contributed by atoms with Crippen LogP contribution in [0.25, 0.3) is 0 Å². The van der Waals surface area contributed by atoms with Gasteiger partial charge >= 0.3 is 0 Å². The number of nitrogens with zero attached hydrogens (tertiary/aromatic N) is 1. The number of aromatic nitrogens is 1. The van der Waals surface area contributed by atoms with Crippen LogP contribution in [0.2, 0.25) is 0 Å². The van der Waals surface area contributed by atoms with E-state index < -0.39 is 0 Å². The third-order valence-corrected chi connectivity index (χ3v) is 2.67. The lowest BCUT2D eigenvalue weighted by molar-refractivity contribution is 0.440. The predicted octanol–water partition coefficient (Wildman–Crippen LogP) is 3.04. The van der Waals surface area contributed by atoms with Crippen molar-refractivity contribution < 1.29 is 4.42 Å². The standard InChI is InChI=1S/C13H16N2O/c1-9(2)12(10-6-4-3-5-7-10)11-8-15-13(14)16-11/h3-9,12H,1-2H3,(H2,14,15). The van der Waals surface area contributed by atoms with Crippen LogP contribution < -0.4 is 5.73 Å². The van der Waals surface area contributed by atoms with E-state index in [4.69, 9.17) is 10.2 Å². The summed E-state index contributed by atoms with van der Waals surface area (Å²) in [5.74, 6) is 1.49. The number of oxazole rings is 1. The van der Waals surface area contributed by atoms with Crippen LogP contribution in [-0.4, -0.2) is 4.98 Å². The van der Waals surface area contributed by atoms with Crippen LogP contribution in [-0.2, 0) is 0 Å². The summed E-state index contributed by atoms with van der Waals surface area (Å²) in [5.41, 5.74) is 6.75. The Hall–Kier alpha value is -1.77. The van der Waals surface area contributed by atoms with Crippen LogP contribution in [0, 0.1) is 5.92 Å². The van der Waals surface area contributed by atoms with Gasteiger partial charge in [-0.25, -0.2) is 4.98 Å². The molecule has 3 nitrogen and oxygen atoms in total. The first-order valence-electron chi connectivity index (χ1n) is 5.44. The first-order chi connectivity index (χ1) is 7.68. The van der Waals surface area contributed by atoms with Gasteiger partial charge in [0.15, 0.2) is 0 Å². The number of rotatable bonds is 3. The van der Waals surface area contributed by atoms with Crippen LogP contribution in [0.3, 0.4) is 0 Å². The molecule has 0 aliphatic rings. The summed E-state index contributed by atoms with van der Waals surface area (Å²) in [6.07, 6.45) is 1.72. The minimum absolute atomic E-state index is 0.214. The number of hydrogen-bond donors (Lipinski definition) is 1. The highest BCUT2D eigenvalue weighted by molar-refractivity contribution is 5.28. The molecule has 0 aliphatic carbocycles. The van der Waals surface area contributed by atoms with Gasteiger partial charge in [-0.15, -0.1) is 0 Å². The van der Waals surface area contributed by atoms with Gasteiger partial charge in [0.2, 0.25) is 0 Å². The molecule has 0 bridgehead atoms. The topological polar surface area (TPSA) is 52.0 Å². The third-order valence-electron chi connectivity index (χ3n) is 2.67. The van der Waals surface area contributed by atoms with E-state index in [0.29, 0.717) is 5.92 Å². The number of benzene rings is 1. The van der Waals surface area contributed by atoms with Crippen molar-refractivity contribution in [2.45, 2.75) is 19.8 Å². The second kappa shape index (κ2) is 4.39. The summed E-state index contributed by atoms with van der Waals surface area (Å²) in [7, 11) is 0. The fourth-order valence-electron chi connectivity index (χ4n) is 1.98. The smallest absolute Gasteiger partial charge is 0.292 e. The lowest BCUT2D eigenvalue weighted by Crippen LogP contribution is -2.07. The number of nitrogens with two attached hydrogens (primary N) is 1. The van der Waals surface area contributed by atoms with Crippen molar-refractivity contribution in [1.29, 1.82) is 0 Å². The molecule has 0 saturated heterocycles. The van der Waals surface area contributed by atoms with Crippen molar-refractivity contribution in [3.63, 3.8) is 0 Å². The molecule has 1 aromatic heterocycles. The van der Waals surface area contributed by atoms with Crippen LogP contribution in [0.1, 0.15) is 31.1 Å². The summed E-state index contributed by atoms with van der Waals surface area (Å²) < 4.78 is 5.43. The summed E-state index contributed by atoms with van der Waals surface area (Å²) in [5, 5.41) is 0. The molecule has 0 aliphatic heterocycles. The Morgan fingerprint density at radius 2 is 1.88 bits per heavy atom. The Balaban J connectivity index is 2.39. The Morgan fingerprint density at radius 1 is 1.19 bits per heavy atom. The van der Waals surface area contributed by atoms with Gasteiger partial charge in [0.1, 0.15) is 5.76 Å². The van der Waals surface area contributed by atoms with E-state index in [-0.39, 0.29) is 11.9 Å². The SMILES string of the molecule is CC(C)C(c1ccccc1)c1cnc(N)o1. The van der Waals surface area contributed by atoms with Gasteiger partial charge in [-0.1, -0.05) is 44.2 Å². The zero-order valence-corrected chi connectivity index (χ0v) is 9.55. The van der Waals surface area contributed by atoms with E-state index in [1.807, 2.05) is 18.2 Å². The average molecular weight is 216 g/mol. The van der Waals surface area contributed by atoms with Crippen LogP contribution >= 0.6 is 0 Å². The van der Waals surface area contributed by atoms with Crippen molar-refractivity contribution in [3.8, 4) is 0 Å². The fourth-order valence-corrected chi connectivity index (χ4v) is 1.98. The molecule has 16 heavy (non-hydrogen) atoms. The van der Waals surface area contributed by atoms with E-state index >= 15 is 0 Å². The van der Waals surface area contributed by atoms with Gasteiger partial charge in [0.05, 0.1) is 6.20 Å². The normalized spacial score (nSPS) is 12.9. The molecule has 1 unspecified atom stereocenters. The summed E-state index contributed by atoms with van der Waals surface area (Å²) >= 11 is 0. The highest BCUT2D eigenvalue weighted by Gasteiger charge is 2.21. The molecule has 1 atom stereocenters. The van der Waals surface area contributed by atoms with Crippen molar-refractivity contribution in [3.05, 3.63) is 47.9 Å². The van der Waals surface area contributed by atoms with E-state index in [2.05, 4.69) is 31.0 Å². The molecule has 0 amide bonds. The molecule has 1 heterocycles. The van der Waals surface area contributed by atoms with Crippen LogP contribution in [0.15, 0.2) is 40.9 Å².